The zero-order valence-electron chi connectivity index (χ0n) is 16.6. The number of anilines is 2. The number of sulfonamides is 1. The van der Waals surface area contributed by atoms with Crippen LogP contribution < -0.4 is 10.0 Å². The van der Waals surface area contributed by atoms with Crippen molar-refractivity contribution in [1.29, 1.82) is 0 Å². The van der Waals surface area contributed by atoms with Crippen LogP contribution in [-0.4, -0.2) is 29.1 Å². The quantitative estimate of drug-likeness (QED) is 0.447. The highest BCUT2D eigenvalue weighted by Gasteiger charge is 2.16. The van der Waals surface area contributed by atoms with E-state index in [4.69, 9.17) is 0 Å². The molecule has 0 saturated heterocycles. The highest BCUT2D eigenvalue weighted by molar-refractivity contribution is 7.92. The van der Waals surface area contributed by atoms with Gasteiger partial charge in [-0.1, -0.05) is 0 Å². The van der Waals surface area contributed by atoms with Gasteiger partial charge in [-0.2, -0.15) is 5.10 Å². The number of carbonyl (C=O) groups is 1. The van der Waals surface area contributed by atoms with Crippen molar-refractivity contribution in [2.45, 2.75) is 11.4 Å². The van der Waals surface area contributed by atoms with E-state index in [1.54, 1.807) is 29.3 Å². The summed E-state index contributed by atoms with van der Waals surface area (Å²) < 4.78 is 42.4. The number of amides is 1. The maximum atomic E-state index is 13.0. The minimum Gasteiger partial charge on any atom is -0.322 e. The van der Waals surface area contributed by atoms with Crippen LogP contribution in [0.4, 0.5) is 15.9 Å². The zero-order valence-corrected chi connectivity index (χ0v) is 17.5. The third-order valence-corrected chi connectivity index (χ3v) is 5.87. The predicted octanol–water partition coefficient (Wildman–Crippen LogP) is 3.52. The Balaban J connectivity index is 1.41. The van der Waals surface area contributed by atoms with E-state index in [1.165, 1.54) is 48.5 Å². The molecule has 0 atom stereocenters. The molecule has 8 nitrogen and oxygen atoms in total. The zero-order chi connectivity index (χ0) is 22.6. The standard InChI is InChI=1S/C22H18FN5O3S/c23-18-3-1-17(2-4-18)22(29)25-19-5-7-20(8-6-19)32(30,31)27-21-11-14-28(26-21)15-16-9-12-24-13-10-16/h1-14H,15H2,(H,25,29)(H,26,27). The van der Waals surface area contributed by atoms with E-state index in [0.717, 1.165) is 5.56 Å². The number of nitrogens with zero attached hydrogens (tertiary/aromatic N) is 3. The molecule has 162 valence electrons. The molecule has 0 aliphatic carbocycles. The van der Waals surface area contributed by atoms with Gasteiger partial charge in [0.1, 0.15) is 5.82 Å². The van der Waals surface area contributed by atoms with Crippen LogP contribution in [0, 0.1) is 5.82 Å². The number of benzene rings is 2. The van der Waals surface area contributed by atoms with Crippen molar-refractivity contribution in [3.05, 3.63) is 102 Å². The normalized spacial score (nSPS) is 11.2. The molecule has 4 rings (SSSR count). The summed E-state index contributed by atoms with van der Waals surface area (Å²) in [5, 5.41) is 6.87. The van der Waals surface area contributed by atoms with Gasteiger partial charge in [-0.05, 0) is 66.2 Å². The number of carbonyl (C=O) groups excluding carboxylic acids is 1. The first-order valence-corrected chi connectivity index (χ1v) is 11.0. The third-order valence-electron chi connectivity index (χ3n) is 4.50. The number of hydrogen-bond acceptors (Lipinski definition) is 5. The molecule has 4 aromatic rings. The maximum Gasteiger partial charge on any atom is 0.263 e. The second kappa shape index (κ2) is 8.98. The first kappa shape index (κ1) is 21.2. The highest BCUT2D eigenvalue weighted by Crippen LogP contribution is 2.18. The highest BCUT2D eigenvalue weighted by atomic mass is 32.2. The van der Waals surface area contributed by atoms with E-state index in [1.807, 2.05) is 12.1 Å². The number of hydrogen-bond donors (Lipinski definition) is 2. The molecule has 2 N–H and O–H groups in total. The summed E-state index contributed by atoms with van der Waals surface area (Å²) in [6, 6.07) is 16.1. The van der Waals surface area contributed by atoms with Gasteiger partial charge < -0.3 is 5.32 Å². The third kappa shape index (κ3) is 5.16. The lowest BCUT2D eigenvalue weighted by molar-refractivity contribution is 0.102. The molecule has 10 heteroatoms. The summed E-state index contributed by atoms with van der Waals surface area (Å²) in [5.74, 6) is -0.683. The average Bonchev–Trinajstić information content (AvgIpc) is 3.21. The number of halogens is 1. The molecule has 0 unspecified atom stereocenters. The van der Waals surface area contributed by atoms with Gasteiger partial charge in [0.15, 0.2) is 5.82 Å². The Labute approximate surface area is 183 Å². The second-order valence-corrected chi connectivity index (χ2v) is 8.53. The lowest BCUT2D eigenvalue weighted by atomic mass is 10.2. The first-order valence-electron chi connectivity index (χ1n) is 9.51. The van der Waals surface area contributed by atoms with Crippen LogP contribution in [0.2, 0.25) is 0 Å². The van der Waals surface area contributed by atoms with Crippen LogP contribution in [0.3, 0.4) is 0 Å². The Morgan fingerprint density at radius 3 is 2.31 bits per heavy atom. The lowest BCUT2D eigenvalue weighted by Gasteiger charge is -2.08. The van der Waals surface area contributed by atoms with Crippen molar-refractivity contribution in [2.24, 2.45) is 0 Å². The van der Waals surface area contributed by atoms with Gasteiger partial charge in [-0.3, -0.25) is 19.2 Å². The van der Waals surface area contributed by atoms with E-state index in [9.17, 15) is 17.6 Å². The van der Waals surface area contributed by atoms with Crippen molar-refractivity contribution in [3.8, 4) is 0 Å². The lowest BCUT2D eigenvalue weighted by Crippen LogP contribution is -2.15. The van der Waals surface area contributed by atoms with E-state index >= 15 is 0 Å². The number of nitrogens with one attached hydrogen (secondary N) is 2. The molecule has 2 aromatic carbocycles. The van der Waals surface area contributed by atoms with Gasteiger partial charge in [-0.25, -0.2) is 12.8 Å². The molecule has 0 fully saturated rings. The maximum absolute atomic E-state index is 13.0. The van der Waals surface area contributed by atoms with E-state index in [2.05, 4.69) is 20.1 Å². The van der Waals surface area contributed by atoms with Crippen LogP contribution in [0.15, 0.2) is 90.2 Å². The smallest absolute Gasteiger partial charge is 0.263 e. The van der Waals surface area contributed by atoms with Crippen LogP contribution in [0.25, 0.3) is 0 Å². The summed E-state index contributed by atoms with van der Waals surface area (Å²) in [5.41, 5.74) is 1.67. The number of aromatic nitrogens is 3. The van der Waals surface area contributed by atoms with Crippen LogP contribution in [0.1, 0.15) is 15.9 Å². The Morgan fingerprint density at radius 1 is 0.938 bits per heavy atom. The van der Waals surface area contributed by atoms with Gasteiger partial charge in [-0.15, -0.1) is 0 Å². The van der Waals surface area contributed by atoms with Gasteiger partial charge in [0.2, 0.25) is 0 Å². The summed E-state index contributed by atoms with van der Waals surface area (Å²) in [7, 11) is -3.87. The fourth-order valence-electron chi connectivity index (χ4n) is 2.90. The van der Waals surface area contributed by atoms with Crippen molar-refractivity contribution < 1.29 is 17.6 Å². The minimum absolute atomic E-state index is 0.0148. The van der Waals surface area contributed by atoms with Gasteiger partial charge in [0.05, 0.1) is 11.4 Å². The summed E-state index contributed by atoms with van der Waals surface area (Å²) >= 11 is 0. The summed E-state index contributed by atoms with van der Waals surface area (Å²) in [6.45, 7) is 0.479. The van der Waals surface area contributed by atoms with E-state index in [0.29, 0.717) is 12.2 Å². The Bertz CT molecular complexity index is 1320. The fourth-order valence-corrected chi connectivity index (χ4v) is 3.89. The Kier molecular flexibility index (Phi) is 5.95. The molecule has 0 aliphatic rings. The van der Waals surface area contributed by atoms with Crippen LogP contribution >= 0.6 is 0 Å². The summed E-state index contributed by atoms with van der Waals surface area (Å²) in [6.07, 6.45) is 5.02. The SMILES string of the molecule is O=C(Nc1ccc(S(=O)(=O)Nc2ccn(Cc3ccncc3)n2)cc1)c1ccc(F)cc1. The molecular weight excluding hydrogens is 433 g/mol. The first-order chi connectivity index (χ1) is 15.4. The molecule has 0 radical (unpaired) electrons. The van der Waals surface area contributed by atoms with Crippen LogP contribution in [-0.2, 0) is 16.6 Å². The molecule has 0 spiro atoms. The van der Waals surface area contributed by atoms with Gasteiger partial charge >= 0.3 is 0 Å². The molecule has 0 bridgehead atoms. The van der Waals surface area contributed by atoms with Gasteiger partial charge in [0, 0.05) is 35.9 Å². The van der Waals surface area contributed by atoms with Crippen molar-refractivity contribution >= 4 is 27.4 Å². The molecule has 0 saturated carbocycles. The predicted molar refractivity (Wildman–Crippen MR) is 117 cm³/mol. The number of pyridine rings is 1. The average molecular weight is 451 g/mol. The summed E-state index contributed by atoms with van der Waals surface area (Å²) in [4.78, 5) is 16.2. The largest absolute Gasteiger partial charge is 0.322 e. The number of rotatable bonds is 7. The molecule has 1 amide bonds. The molecule has 32 heavy (non-hydrogen) atoms. The molecule has 2 heterocycles. The van der Waals surface area contributed by atoms with Gasteiger partial charge in [0.25, 0.3) is 15.9 Å². The van der Waals surface area contributed by atoms with Crippen LogP contribution in [0.5, 0.6) is 0 Å². The molecular formula is C22H18FN5O3S. The Morgan fingerprint density at radius 2 is 1.62 bits per heavy atom. The van der Waals surface area contributed by atoms with Crippen molar-refractivity contribution in [2.75, 3.05) is 10.0 Å². The second-order valence-electron chi connectivity index (χ2n) is 6.84. The minimum atomic E-state index is -3.87. The van der Waals surface area contributed by atoms with E-state index < -0.39 is 21.7 Å². The topological polar surface area (TPSA) is 106 Å². The van der Waals surface area contributed by atoms with E-state index in [-0.39, 0.29) is 16.3 Å². The molecule has 0 aliphatic heterocycles. The van der Waals surface area contributed by atoms with Crippen molar-refractivity contribution in [1.82, 2.24) is 14.8 Å². The molecule has 2 aromatic heterocycles. The Hall–Kier alpha value is -4.05. The van der Waals surface area contributed by atoms with Crippen molar-refractivity contribution in [3.63, 3.8) is 0 Å². The monoisotopic (exact) mass is 451 g/mol. The fraction of sp³-hybridized carbons (Fsp3) is 0.0455.